The maximum atomic E-state index is 12.5. The van der Waals surface area contributed by atoms with E-state index in [1.165, 1.54) is 0 Å². The van der Waals surface area contributed by atoms with Gasteiger partial charge in [-0.05, 0) is 38.3 Å². The number of rotatable bonds is 4. The van der Waals surface area contributed by atoms with E-state index >= 15 is 0 Å². The van der Waals surface area contributed by atoms with Crippen LogP contribution in [0.4, 0.5) is 0 Å². The van der Waals surface area contributed by atoms with Crippen molar-refractivity contribution in [2.45, 2.75) is 25.8 Å². The smallest absolute Gasteiger partial charge is 0.273 e. The normalized spacial score (nSPS) is 17.0. The second-order valence-electron chi connectivity index (χ2n) is 6.32. The fourth-order valence-electron chi connectivity index (χ4n) is 3.13. The van der Waals surface area contributed by atoms with E-state index in [0.29, 0.717) is 31.2 Å². The van der Waals surface area contributed by atoms with Crippen molar-refractivity contribution in [3.05, 3.63) is 30.0 Å². The number of nitrogens with two attached hydrogens (primary N) is 1. The summed E-state index contributed by atoms with van der Waals surface area (Å²) in [6.45, 7) is 3.78. The Bertz CT molecular complexity index is 733. The number of carbonyl (C=O) groups is 2. The van der Waals surface area contributed by atoms with E-state index < -0.39 is 6.04 Å². The summed E-state index contributed by atoms with van der Waals surface area (Å²) in [5, 5.41) is 10.4. The largest absolute Gasteiger partial charge is 0.341 e. The monoisotopic (exact) mass is 329 g/mol. The van der Waals surface area contributed by atoms with Crippen LogP contribution in [0.3, 0.4) is 0 Å². The number of fused-ring (bicyclic) bond motifs is 1. The van der Waals surface area contributed by atoms with Crippen molar-refractivity contribution in [2.75, 3.05) is 19.6 Å². The van der Waals surface area contributed by atoms with Crippen LogP contribution in [0.5, 0.6) is 0 Å². The predicted molar refractivity (Wildman–Crippen MR) is 91.4 cm³/mol. The molecule has 2 heterocycles. The number of amides is 2. The third-order valence-electron chi connectivity index (χ3n) is 4.66. The summed E-state index contributed by atoms with van der Waals surface area (Å²) < 4.78 is 0. The number of H-pyrrole nitrogens is 1. The quantitative estimate of drug-likeness (QED) is 0.774. The molecule has 1 atom stereocenters. The fraction of sp³-hybridized carbons (Fsp3) is 0.471. The molecule has 0 saturated carbocycles. The van der Waals surface area contributed by atoms with Crippen LogP contribution in [0.15, 0.2) is 24.3 Å². The van der Waals surface area contributed by atoms with Crippen molar-refractivity contribution in [3.63, 3.8) is 0 Å². The molecule has 128 valence electrons. The van der Waals surface area contributed by atoms with Crippen LogP contribution in [-0.2, 0) is 4.79 Å². The number of aromatic amines is 1. The lowest BCUT2D eigenvalue weighted by Crippen LogP contribution is -2.49. The van der Waals surface area contributed by atoms with Gasteiger partial charge in [0.25, 0.3) is 5.91 Å². The molecule has 1 aliphatic rings. The molecule has 0 radical (unpaired) electrons. The zero-order valence-electron chi connectivity index (χ0n) is 13.8. The molecule has 24 heavy (non-hydrogen) atoms. The minimum absolute atomic E-state index is 0.0568. The molecule has 3 rings (SSSR count). The Balaban J connectivity index is 1.63. The Kier molecular flexibility index (Phi) is 4.80. The number of aromatic nitrogens is 2. The van der Waals surface area contributed by atoms with Gasteiger partial charge in [0.15, 0.2) is 5.69 Å². The first-order chi connectivity index (χ1) is 11.6. The molecule has 0 aliphatic carbocycles. The standard InChI is InChI=1S/C17H23N5O2/c1-11(17(24)22-8-6-12(10-18)7-9-22)19-16(23)15-13-4-2-3-5-14(13)20-21-15/h2-5,11-12H,6-10,18H2,1H3,(H,19,23)(H,20,21). The van der Waals surface area contributed by atoms with Gasteiger partial charge in [-0.3, -0.25) is 14.7 Å². The molecular weight excluding hydrogens is 306 g/mol. The first-order valence-corrected chi connectivity index (χ1v) is 8.33. The Morgan fingerprint density at radius 1 is 1.38 bits per heavy atom. The van der Waals surface area contributed by atoms with Gasteiger partial charge >= 0.3 is 0 Å². The maximum absolute atomic E-state index is 12.5. The SMILES string of the molecule is CC(NC(=O)c1n[nH]c2ccccc12)C(=O)N1CCC(CN)CC1. The van der Waals surface area contributed by atoms with E-state index in [4.69, 9.17) is 5.73 Å². The molecule has 7 heteroatoms. The summed E-state index contributed by atoms with van der Waals surface area (Å²) in [5.41, 5.74) is 6.79. The van der Waals surface area contributed by atoms with Crippen molar-refractivity contribution >= 4 is 22.7 Å². The van der Waals surface area contributed by atoms with Crippen molar-refractivity contribution in [1.29, 1.82) is 0 Å². The van der Waals surface area contributed by atoms with E-state index in [1.54, 1.807) is 11.8 Å². The summed E-state index contributed by atoms with van der Waals surface area (Å²) in [6, 6.07) is 6.83. The number of nitrogens with zero attached hydrogens (tertiary/aromatic N) is 2. The average molecular weight is 329 g/mol. The predicted octanol–water partition coefficient (Wildman–Crippen LogP) is 0.879. The number of benzene rings is 1. The van der Waals surface area contributed by atoms with Gasteiger partial charge in [0, 0.05) is 18.5 Å². The second-order valence-corrected chi connectivity index (χ2v) is 6.32. The molecule has 1 aromatic carbocycles. The average Bonchev–Trinajstić information content (AvgIpc) is 3.05. The van der Waals surface area contributed by atoms with Crippen molar-refractivity contribution in [3.8, 4) is 0 Å². The number of carbonyl (C=O) groups excluding carboxylic acids is 2. The van der Waals surface area contributed by atoms with Gasteiger partial charge in [-0.25, -0.2) is 0 Å². The highest BCUT2D eigenvalue weighted by Gasteiger charge is 2.27. The molecule has 2 amide bonds. The molecule has 7 nitrogen and oxygen atoms in total. The Labute approximate surface area is 140 Å². The van der Waals surface area contributed by atoms with Gasteiger partial charge in [0.1, 0.15) is 6.04 Å². The third-order valence-corrected chi connectivity index (χ3v) is 4.66. The molecule has 4 N–H and O–H groups in total. The van der Waals surface area contributed by atoms with E-state index in [2.05, 4.69) is 15.5 Å². The van der Waals surface area contributed by atoms with Gasteiger partial charge in [0.2, 0.25) is 5.91 Å². The number of nitrogens with one attached hydrogen (secondary N) is 2. The molecule has 1 aliphatic heterocycles. The van der Waals surface area contributed by atoms with Crippen LogP contribution >= 0.6 is 0 Å². The van der Waals surface area contributed by atoms with Crippen molar-refractivity contribution < 1.29 is 9.59 Å². The Morgan fingerprint density at radius 2 is 2.08 bits per heavy atom. The fourth-order valence-corrected chi connectivity index (χ4v) is 3.13. The van der Waals surface area contributed by atoms with Crippen LogP contribution < -0.4 is 11.1 Å². The first-order valence-electron chi connectivity index (χ1n) is 8.33. The van der Waals surface area contributed by atoms with Gasteiger partial charge in [-0.15, -0.1) is 0 Å². The van der Waals surface area contributed by atoms with Crippen LogP contribution in [0.25, 0.3) is 10.9 Å². The van der Waals surface area contributed by atoms with E-state index in [9.17, 15) is 9.59 Å². The van der Waals surface area contributed by atoms with E-state index in [1.807, 2.05) is 24.3 Å². The lowest BCUT2D eigenvalue weighted by molar-refractivity contribution is -0.134. The molecule has 2 aromatic rings. The highest BCUT2D eigenvalue weighted by molar-refractivity contribution is 6.05. The summed E-state index contributed by atoms with van der Waals surface area (Å²) >= 11 is 0. The topological polar surface area (TPSA) is 104 Å². The molecule has 1 unspecified atom stereocenters. The minimum atomic E-state index is -0.581. The van der Waals surface area contributed by atoms with Crippen molar-refractivity contribution in [2.24, 2.45) is 11.7 Å². The lowest BCUT2D eigenvalue weighted by atomic mass is 9.97. The number of piperidine rings is 1. The number of hydrogen-bond donors (Lipinski definition) is 3. The van der Waals surface area contributed by atoms with E-state index in [0.717, 1.165) is 23.7 Å². The van der Waals surface area contributed by atoms with Crippen LogP contribution in [0, 0.1) is 5.92 Å². The highest BCUT2D eigenvalue weighted by Crippen LogP contribution is 2.17. The zero-order valence-corrected chi connectivity index (χ0v) is 13.8. The summed E-state index contributed by atoms with van der Waals surface area (Å²) in [4.78, 5) is 26.8. The number of para-hydroxylation sites is 1. The van der Waals surface area contributed by atoms with Gasteiger partial charge in [0.05, 0.1) is 5.52 Å². The molecule has 0 bridgehead atoms. The lowest BCUT2D eigenvalue weighted by Gasteiger charge is -2.33. The number of hydrogen-bond acceptors (Lipinski definition) is 4. The maximum Gasteiger partial charge on any atom is 0.273 e. The Morgan fingerprint density at radius 3 is 2.79 bits per heavy atom. The van der Waals surface area contributed by atoms with Crippen molar-refractivity contribution in [1.82, 2.24) is 20.4 Å². The molecule has 1 fully saturated rings. The summed E-state index contributed by atoms with van der Waals surface area (Å²) in [6.07, 6.45) is 1.85. The molecule has 1 saturated heterocycles. The van der Waals surface area contributed by atoms with Gasteiger partial charge in [-0.1, -0.05) is 18.2 Å². The van der Waals surface area contributed by atoms with Crippen LogP contribution in [-0.4, -0.2) is 52.6 Å². The highest BCUT2D eigenvalue weighted by atomic mass is 16.2. The molecule has 0 spiro atoms. The Hall–Kier alpha value is -2.41. The second kappa shape index (κ2) is 7.00. The summed E-state index contributed by atoms with van der Waals surface area (Å²) in [5.74, 6) is 0.0955. The summed E-state index contributed by atoms with van der Waals surface area (Å²) in [7, 11) is 0. The number of likely N-dealkylation sites (tertiary alicyclic amines) is 1. The zero-order chi connectivity index (χ0) is 17.1. The molecule has 1 aromatic heterocycles. The third kappa shape index (κ3) is 3.26. The minimum Gasteiger partial charge on any atom is -0.341 e. The van der Waals surface area contributed by atoms with Gasteiger partial charge < -0.3 is 16.0 Å². The van der Waals surface area contributed by atoms with Crippen LogP contribution in [0.2, 0.25) is 0 Å². The molecular formula is C17H23N5O2. The van der Waals surface area contributed by atoms with Crippen LogP contribution in [0.1, 0.15) is 30.3 Å². The van der Waals surface area contributed by atoms with Gasteiger partial charge in [-0.2, -0.15) is 5.10 Å². The van der Waals surface area contributed by atoms with E-state index in [-0.39, 0.29) is 11.8 Å². The first kappa shape index (κ1) is 16.4.